The first-order chi connectivity index (χ1) is 19.5. The van der Waals surface area contributed by atoms with Crippen molar-refractivity contribution in [2.75, 3.05) is 37.7 Å². The highest BCUT2D eigenvalue weighted by atomic mass is 16.5. The zero-order valence-corrected chi connectivity index (χ0v) is 23.3. The van der Waals surface area contributed by atoms with E-state index in [0.29, 0.717) is 19.2 Å². The standard InChI is InChI=1S/C33H39N3O4/c1-23-7-10-31(29(18-23)30-5-2-6-32(34-30)36-14-3-4-27(21-36)33(37)38)40-22-24-8-9-26-20-35(15-11-25(26)19-24)28-12-16-39-17-13-28/h2,5-10,18-19,27-28H,3-4,11-17,20-22H2,1H3,(H,37,38)/t27-/m0/s1. The SMILES string of the molecule is Cc1ccc(OCc2ccc3c(c2)CCN(C2CCOCC2)C3)c(-c2cccc(N3CCC[C@H](C(=O)O)C3)n2)c1. The minimum Gasteiger partial charge on any atom is -0.488 e. The van der Waals surface area contributed by atoms with Gasteiger partial charge in [0.05, 0.1) is 11.6 Å². The summed E-state index contributed by atoms with van der Waals surface area (Å²) in [6.45, 7) is 7.79. The van der Waals surface area contributed by atoms with Crippen LogP contribution in [0.25, 0.3) is 11.3 Å². The van der Waals surface area contributed by atoms with Gasteiger partial charge in [0.2, 0.25) is 0 Å². The van der Waals surface area contributed by atoms with Crippen LogP contribution in [0.15, 0.2) is 54.6 Å². The van der Waals surface area contributed by atoms with Crippen LogP contribution in [0.5, 0.6) is 5.75 Å². The summed E-state index contributed by atoms with van der Waals surface area (Å²) < 4.78 is 12.0. The second kappa shape index (κ2) is 12.0. The van der Waals surface area contributed by atoms with Crippen LogP contribution < -0.4 is 9.64 Å². The third-order valence-electron chi connectivity index (χ3n) is 8.65. The molecular weight excluding hydrogens is 502 g/mol. The Hall–Kier alpha value is -3.42. The molecule has 210 valence electrons. The van der Waals surface area contributed by atoms with Crippen LogP contribution in [0.4, 0.5) is 5.82 Å². The molecule has 0 bridgehead atoms. The molecule has 0 aliphatic carbocycles. The molecule has 2 aromatic carbocycles. The van der Waals surface area contributed by atoms with Gasteiger partial charge < -0.3 is 19.5 Å². The number of carboxylic acids is 1. The third-order valence-corrected chi connectivity index (χ3v) is 8.65. The van der Waals surface area contributed by atoms with Gasteiger partial charge in [0, 0.05) is 51.0 Å². The van der Waals surface area contributed by atoms with Gasteiger partial charge in [0.15, 0.2) is 0 Å². The van der Waals surface area contributed by atoms with E-state index in [-0.39, 0.29) is 5.92 Å². The van der Waals surface area contributed by atoms with Gasteiger partial charge in [-0.05, 0) is 80.0 Å². The summed E-state index contributed by atoms with van der Waals surface area (Å²) in [5, 5.41) is 9.52. The Labute approximate surface area is 236 Å². The van der Waals surface area contributed by atoms with E-state index in [9.17, 15) is 9.90 Å². The number of nitrogens with zero attached hydrogens (tertiary/aromatic N) is 3. The molecule has 3 aliphatic heterocycles. The zero-order chi connectivity index (χ0) is 27.5. The van der Waals surface area contributed by atoms with E-state index in [0.717, 1.165) is 93.3 Å². The molecule has 3 aliphatic rings. The first-order valence-electron chi connectivity index (χ1n) is 14.6. The van der Waals surface area contributed by atoms with Crippen molar-refractivity contribution in [1.29, 1.82) is 0 Å². The van der Waals surface area contributed by atoms with Crippen LogP contribution in [0, 0.1) is 12.8 Å². The van der Waals surface area contributed by atoms with Gasteiger partial charge in [-0.25, -0.2) is 4.98 Å². The lowest BCUT2D eigenvalue weighted by molar-refractivity contribution is -0.141. The number of carboxylic acid groups (broad SMARTS) is 1. The minimum absolute atomic E-state index is 0.348. The number of ether oxygens (including phenoxy) is 2. The minimum atomic E-state index is -0.728. The Morgan fingerprint density at radius 3 is 2.77 bits per heavy atom. The molecule has 6 rings (SSSR count). The van der Waals surface area contributed by atoms with Gasteiger partial charge in [0.25, 0.3) is 0 Å². The van der Waals surface area contributed by atoms with Crippen molar-refractivity contribution in [3.05, 3.63) is 76.9 Å². The number of pyridine rings is 1. The van der Waals surface area contributed by atoms with Gasteiger partial charge in [-0.3, -0.25) is 9.69 Å². The third kappa shape index (κ3) is 6.01. The number of fused-ring (bicyclic) bond motifs is 1. The molecule has 7 nitrogen and oxygen atoms in total. The van der Waals surface area contributed by atoms with E-state index in [2.05, 4.69) is 47.1 Å². The molecule has 3 aromatic rings. The molecule has 1 atom stereocenters. The molecule has 40 heavy (non-hydrogen) atoms. The number of aryl methyl sites for hydroxylation is 1. The predicted octanol–water partition coefficient (Wildman–Crippen LogP) is 5.47. The molecule has 0 amide bonds. The monoisotopic (exact) mass is 541 g/mol. The lowest BCUT2D eigenvalue weighted by Crippen LogP contribution is -2.42. The highest BCUT2D eigenvalue weighted by Gasteiger charge is 2.27. The van der Waals surface area contributed by atoms with Gasteiger partial charge in [0.1, 0.15) is 18.2 Å². The molecule has 0 radical (unpaired) electrons. The van der Waals surface area contributed by atoms with E-state index >= 15 is 0 Å². The Kier molecular flexibility index (Phi) is 8.03. The molecule has 1 aromatic heterocycles. The highest BCUT2D eigenvalue weighted by molar-refractivity contribution is 5.72. The second-order valence-electron chi connectivity index (χ2n) is 11.5. The van der Waals surface area contributed by atoms with Crippen LogP contribution in [0.2, 0.25) is 0 Å². The van der Waals surface area contributed by atoms with Crippen molar-refractivity contribution >= 4 is 11.8 Å². The fraction of sp³-hybridized carbons (Fsp3) is 0.455. The summed E-state index contributed by atoms with van der Waals surface area (Å²) >= 11 is 0. The fourth-order valence-electron chi connectivity index (χ4n) is 6.35. The van der Waals surface area contributed by atoms with Crippen molar-refractivity contribution in [2.45, 2.75) is 58.2 Å². The average molecular weight is 542 g/mol. The number of hydrogen-bond donors (Lipinski definition) is 1. The first-order valence-corrected chi connectivity index (χ1v) is 14.6. The number of rotatable bonds is 7. The summed E-state index contributed by atoms with van der Waals surface area (Å²) in [6.07, 6.45) is 4.93. The Morgan fingerprint density at radius 1 is 1.05 bits per heavy atom. The van der Waals surface area contributed by atoms with Gasteiger partial charge >= 0.3 is 5.97 Å². The second-order valence-corrected chi connectivity index (χ2v) is 11.5. The molecule has 7 heteroatoms. The number of piperidine rings is 1. The van der Waals surface area contributed by atoms with Crippen LogP contribution in [0.3, 0.4) is 0 Å². The quantitative estimate of drug-likeness (QED) is 0.425. The normalized spacial score (nSPS) is 20.2. The Morgan fingerprint density at radius 2 is 1.93 bits per heavy atom. The predicted molar refractivity (Wildman–Crippen MR) is 156 cm³/mol. The molecule has 2 saturated heterocycles. The number of aliphatic carboxylic acids is 1. The summed E-state index contributed by atoms with van der Waals surface area (Å²) in [5.41, 5.74) is 6.98. The van der Waals surface area contributed by atoms with Crippen molar-refractivity contribution in [2.24, 2.45) is 5.92 Å². The van der Waals surface area contributed by atoms with Crippen LogP contribution in [0.1, 0.15) is 47.9 Å². The summed E-state index contributed by atoms with van der Waals surface area (Å²) in [7, 11) is 0. The number of benzene rings is 2. The molecule has 0 spiro atoms. The van der Waals surface area contributed by atoms with Gasteiger partial charge in [-0.2, -0.15) is 0 Å². The Balaban J connectivity index is 1.16. The van der Waals surface area contributed by atoms with Crippen molar-refractivity contribution in [3.8, 4) is 17.0 Å². The maximum absolute atomic E-state index is 11.6. The maximum atomic E-state index is 11.6. The van der Waals surface area contributed by atoms with E-state index in [1.807, 2.05) is 24.3 Å². The van der Waals surface area contributed by atoms with Gasteiger partial charge in [-0.1, -0.05) is 35.9 Å². The van der Waals surface area contributed by atoms with Crippen LogP contribution in [-0.4, -0.2) is 59.8 Å². The van der Waals surface area contributed by atoms with Crippen molar-refractivity contribution in [3.63, 3.8) is 0 Å². The zero-order valence-electron chi connectivity index (χ0n) is 23.3. The van der Waals surface area contributed by atoms with E-state index in [1.165, 1.54) is 16.7 Å². The lowest BCUT2D eigenvalue weighted by atomic mass is 9.95. The first kappa shape index (κ1) is 26.8. The number of carbonyl (C=O) groups is 1. The number of anilines is 1. The fourth-order valence-corrected chi connectivity index (χ4v) is 6.35. The van der Waals surface area contributed by atoms with E-state index in [1.54, 1.807) is 0 Å². The summed E-state index contributed by atoms with van der Waals surface area (Å²) in [4.78, 5) is 21.3. The summed E-state index contributed by atoms with van der Waals surface area (Å²) in [5.74, 6) is 0.550. The van der Waals surface area contributed by atoms with Gasteiger partial charge in [-0.15, -0.1) is 0 Å². The largest absolute Gasteiger partial charge is 0.488 e. The van der Waals surface area contributed by atoms with Crippen LogP contribution >= 0.6 is 0 Å². The molecule has 2 fully saturated rings. The maximum Gasteiger partial charge on any atom is 0.308 e. The van der Waals surface area contributed by atoms with E-state index < -0.39 is 5.97 Å². The van der Waals surface area contributed by atoms with Crippen molar-refractivity contribution in [1.82, 2.24) is 9.88 Å². The molecule has 4 heterocycles. The number of hydrogen-bond acceptors (Lipinski definition) is 6. The Bertz CT molecular complexity index is 1350. The average Bonchev–Trinajstić information content (AvgIpc) is 3.00. The number of aromatic nitrogens is 1. The molecule has 0 saturated carbocycles. The molecule has 1 N–H and O–H groups in total. The lowest BCUT2D eigenvalue weighted by Gasteiger charge is -2.37. The molecular formula is C33H39N3O4. The highest BCUT2D eigenvalue weighted by Crippen LogP contribution is 2.33. The summed E-state index contributed by atoms with van der Waals surface area (Å²) in [6, 6.07) is 19.7. The molecule has 0 unspecified atom stereocenters. The van der Waals surface area contributed by atoms with E-state index in [4.69, 9.17) is 14.5 Å². The van der Waals surface area contributed by atoms with Crippen LogP contribution in [-0.2, 0) is 29.1 Å². The van der Waals surface area contributed by atoms with Crippen molar-refractivity contribution < 1.29 is 19.4 Å². The topological polar surface area (TPSA) is 75.1 Å². The smallest absolute Gasteiger partial charge is 0.308 e.